The van der Waals surface area contributed by atoms with Crippen LogP contribution >= 0.6 is 0 Å². The molecule has 4 saturated carbocycles. The third kappa shape index (κ3) is 10.8. The molecule has 32 atom stereocenters. The van der Waals surface area contributed by atoms with E-state index in [0.29, 0.717) is 38.5 Å². The van der Waals surface area contributed by atoms with Crippen LogP contribution < -0.4 is 0 Å². The van der Waals surface area contributed by atoms with Gasteiger partial charge in [-0.3, -0.25) is 4.79 Å². The van der Waals surface area contributed by atoms with Crippen LogP contribution in [0.15, 0.2) is 11.6 Å². The lowest BCUT2D eigenvalue weighted by Crippen LogP contribution is -2.68. The number of hydrogen-bond donors (Lipinski definition) is 14. The van der Waals surface area contributed by atoms with Gasteiger partial charge in [-0.2, -0.15) is 0 Å². The van der Waals surface area contributed by atoms with E-state index in [4.69, 9.17) is 47.4 Å². The summed E-state index contributed by atoms with van der Waals surface area (Å²) in [5.41, 5.74) is -1.49. The van der Waals surface area contributed by atoms with Crippen molar-refractivity contribution in [1.29, 1.82) is 0 Å². The molecule has 0 spiro atoms. The van der Waals surface area contributed by atoms with Gasteiger partial charge >= 0.3 is 5.97 Å². The summed E-state index contributed by atoms with van der Waals surface area (Å²) in [6.45, 7) is 17.0. The highest BCUT2D eigenvalue weighted by Crippen LogP contribution is 2.76. The van der Waals surface area contributed by atoms with Crippen molar-refractivity contribution in [3.63, 3.8) is 0 Å². The first kappa shape index (κ1) is 65.2. The van der Waals surface area contributed by atoms with Crippen LogP contribution in [0.25, 0.3) is 0 Å². The summed E-state index contributed by atoms with van der Waals surface area (Å²) in [4.78, 5) is 15.8. The van der Waals surface area contributed by atoms with Crippen LogP contribution in [0.1, 0.15) is 127 Å². The summed E-state index contributed by atoms with van der Waals surface area (Å²) >= 11 is 0. The molecule has 5 saturated heterocycles. The molecule has 0 bridgehead atoms. The molecule has 84 heavy (non-hydrogen) atoms. The molecule has 0 amide bonds. The second kappa shape index (κ2) is 23.8. The van der Waals surface area contributed by atoms with Crippen LogP contribution in [0.3, 0.4) is 0 Å². The molecule has 5 aliphatic carbocycles. The van der Waals surface area contributed by atoms with E-state index in [1.807, 2.05) is 0 Å². The predicted octanol–water partition coefficient (Wildman–Crippen LogP) is -1.52. The molecular weight excluding hydrogens is 1110 g/mol. The van der Waals surface area contributed by atoms with Gasteiger partial charge in [-0.1, -0.05) is 60.1 Å². The van der Waals surface area contributed by atoms with E-state index in [1.165, 1.54) is 19.4 Å². The first-order chi connectivity index (χ1) is 39.3. The van der Waals surface area contributed by atoms with Gasteiger partial charge in [-0.25, -0.2) is 0 Å². The third-order valence-corrected chi connectivity index (χ3v) is 23.1. The summed E-state index contributed by atoms with van der Waals surface area (Å²) < 4.78 is 61.4. The van der Waals surface area contributed by atoms with E-state index in [-0.39, 0.29) is 40.6 Å². The molecule has 0 aromatic rings. The molecule has 5 heterocycles. The first-order valence-corrected chi connectivity index (χ1v) is 30.5. The van der Waals surface area contributed by atoms with Crippen molar-refractivity contribution in [2.75, 3.05) is 19.8 Å². The van der Waals surface area contributed by atoms with Crippen molar-refractivity contribution < 1.29 is 124 Å². The molecule has 10 aliphatic rings. The van der Waals surface area contributed by atoms with Crippen LogP contribution in [0.2, 0.25) is 0 Å². The van der Waals surface area contributed by atoms with E-state index in [2.05, 4.69) is 54.5 Å². The molecular formula is C59H96O25. The van der Waals surface area contributed by atoms with Gasteiger partial charge in [0.25, 0.3) is 0 Å². The van der Waals surface area contributed by atoms with Gasteiger partial charge < -0.3 is 119 Å². The lowest BCUT2D eigenvalue weighted by Gasteiger charge is -2.71. The SMILES string of the molecule is C[C@@H]1O[C@@H](O[C@H]2[C@H](O[C@H]3CC[C@@]4(C)C(CC[C@]5(C)[C@@H]4CC=C4[C@H]6CC(C)(C)CC[C@]6(C(=O)O[C@H]6O[C@H](CO)[C@@H](O)[C@H](O[C@@H]7O[C@@H](C)[C@H](O)[C@@H](O)[C@H]7O)[C@H]6O[C@H]6O[C@H](CO)[C@@H](O)[C@H](O)[C@H]6O)CC[C@]45C)C3(C)C)OC[C@H](O)[C@@H]2O)[C@H](O)[C@H](O)[C@H]1O. The molecule has 14 N–H and O–H groups in total. The number of carbonyl (C=O) groups is 1. The fourth-order valence-electron chi connectivity index (χ4n) is 17.6. The minimum atomic E-state index is -1.98. The van der Waals surface area contributed by atoms with E-state index in [9.17, 15) is 71.5 Å². The van der Waals surface area contributed by atoms with Gasteiger partial charge in [-0.15, -0.1) is 0 Å². The molecule has 1 unspecified atom stereocenters. The smallest absolute Gasteiger partial charge is 0.315 e. The summed E-state index contributed by atoms with van der Waals surface area (Å²) in [7, 11) is 0. The van der Waals surface area contributed by atoms with Crippen molar-refractivity contribution in [2.24, 2.45) is 50.2 Å². The predicted molar refractivity (Wildman–Crippen MR) is 287 cm³/mol. The van der Waals surface area contributed by atoms with Crippen LogP contribution in [0.4, 0.5) is 0 Å². The standard InChI is InChI=1S/C59H96O25/c1-24-34(63)39(68)42(71)48(76-24)81-45-38(67)30(22-61)79-52(47(45)83-50-44(73)41(70)37(66)29(21-60)78-50)84-53(74)59-18-16-54(3,4)20-27(59)26-10-11-32-56(7)14-13-33(55(5,6)31(56)12-15-58(32,9)57(26,8)17-19-59)80-51-46(36(65)28(62)23-75-51)82-49-43(72)40(69)35(64)25(2)77-49/h10,24-25,27-52,60-73H,11-23H2,1-9H3/t24-,25-,27+,28-,29+,30+,31?,32+,33-,34-,35-,36-,37+,38+,39+,40+,41-,42+,43+,44+,45-,46+,47+,48-,49-,50+,51-,52+,56-,57+,58+,59-/m0/s1. The lowest BCUT2D eigenvalue weighted by molar-refractivity contribution is -0.387. The van der Waals surface area contributed by atoms with Gasteiger partial charge in [0.05, 0.1) is 43.5 Å². The Morgan fingerprint density at radius 1 is 0.536 bits per heavy atom. The number of allylic oxidation sites excluding steroid dienone is 2. The largest absolute Gasteiger partial charge is 0.432 e. The van der Waals surface area contributed by atoms with Gasteiger partial charge in [0.1, 0.15) is 97.7 Å². The quantitative estimate of drug-likeness (QED) is 0.0600. The van der Waals surface area contributed by atoms with E-state index >= 15 is 4.79 Å². The fourth-order valence-corrected chi connectivity index (χ4v) is 17.6. The first-order valence-electron chi connectivity index (χ1n) is 30.5. The Kier molecular flexibility index (Phi) is 18.5. The Morgan fingerprint density at radius 3 is 1.68 bits per heavy atom. The zero-order valence-electron chi connectivity index (χ0n) is 49.7. The Bertz CT molecular complexity index is 2340. The maximum atomic E-state index is 15.8. The molecule has 0 radical (unpaired) electrons. The van der Waals surface area contributed by atoms with Crippen molar-refractivity contribution in [2.45, 2.75) is 280 Å². The average Bonchev–Trinajstić information content (AvgIpc) is 0.689. The minimum absolute atomic E-state index is 0.141. The second-order valence-corrected chi connectivity index (χ2v) is 28.6. The van der Waals surface area contributed by atoms with Gasteiger partial charge in [0.15, 0.2) is 31.3 Å². The number of hydrogen-bond acceptors (Lipinski definition) is 25. The summed E-state index contributed by atoms with van der Waals surface area (Å²) in [5, 5.41) is 151. The van der Waals surface area contributed by atoms with E-state index in [1.54, 1.807) is 0 Å². The Morgan fingerprint density at radius 2 is 1.07 bits per heavy atom. The molecule has 25 heteroatoms. The van der Waals surface area contributed by atoms with E-state index in [0.717, 1.165) is 25.7 Å². The zero-order chi connectivity index (χ0) is 61.3. The molecule has 0 aromatic heterocycles. The maximum Gasteiger partial charge on any atom is 0.315 e. The molecule has 25 nitrogen and oxygen atoms in total. The molecule has 9 fully saturated rings. The maximum absolute atomic E-state index is 15.8. The highest BCUT2D eigenvalue weighted by molar-refractivity contribution is 5.79. The van der Waals surface area contributed by atoms with Crippen LogP contribution in [0.5, 0.6) is 0 Å². The number of carbonyl (C=O) groups excluding carboxylic acids is 1. The molecule has 5 aliphatic heterocycles. The van der Waals surface area contributed by atoms with Crippen LogP contribution in [-0.2, 0) is 52.2 Å². The van der Waals surface area contributed by atoms with Crippen molar-refractivity contribution in [1.82, 2.24) is 0 Å². The van der Waals surface area contributed by atoms with Crippen molar-refractivity contribution in [3.8, 4) is 0 Å². The van der Waals surface area contributed by atoms with Gasteiger partial charge in [-0.05, 0) is 123 Å². The Balaban J connectivity index is 0.921. The Labute approximate surface area is 490 Å². The fraction of sp³-hybridized carbons (Fsp3) is 0.949. The molecule has 10 rings (SSSR count). The number of aliphatic hydroxyl groups is 14. The van der Waals surface area contributed by atoms with Crippen LogP contribution in [0, 0.1) is 50.2 Å². The molecule has 0 aromatic carbocycles. The third-order valence-electron chi connectivity index (χ3n) is 23.1. The Hall–Kier alpha value is -1.71. The topological polar surface area (TPSA) is 393 Å². The summed E-state index contributed by atoms with van der Waals surface area (Å²) in [6.07, 6.45) is -29.7. The monoisotopic (exact) mass is 1200 g/mol. The summed E-state index contributed by atoms with van der Waals surface area (Å²) in [5.74, 6) is -0.649. The number of rotatable bonds is 12. The number of ether oxygens (including phenoxy) is 10. The lowest BCUT2D eigenvalue weighted by atomic mass is 9.33. The van der Waals surface area contributed by atoms with Crippen molar-refractivity contribution in [3.05, 3.63) is 11.6 Å². The van der Waals surface area contributed by atoms with Gasteiger partial charge in [0.2, 0.25) is 6.29 Å². The van der Waals surface area contributed by atoms with Gasteiger partial charge in [0, 0.05) is 0 Å². The zero-order valence-corrected chi connectivity index (χ0v) is 49.7. The van der Waals surface area contributed by atoms with Crippen molar-refractivity contribution >= 4 is 5.97 Å². The normalized spacial score (nSPS) is 54.6. The molecule has 482 valence electrons. The van der Waals surface area contributed by atoms with Crippen LogP contribution in [-0.4, -0.2) is 251 Å². The average molecular weight is 1210 g/mol. The number of aliphatic hydroxyl groups excluding tert-OH is 14. The van der Waals surface area contributed by atoms with E-state index < -0.39 is 189 Å². The highest BCUT2D eigenvalue weighted by Gasteiger charge is 2.70. The number of fused-ring (bicyclic) bond motifs is 7. The second-order valence-electron chi connectivity index (χ2n) is 28.6. The summed E-state index contributed by atoms with van der Waals surface area (Å²) in [6, 6.07) is 0. The minimum Gasteiger partial charge on any atom is -0.432 e. The highest BCUT2D eigenvalue weighted by atomic mass is 16.8. The number of esters is 1.